The standard InChI is InChI=1S/C18H18BrN3S2/c19-12-8-6-11(7-9-12)10-23-18-21-16(20)15-13-4-2-1-3-5-14(13)24-17(15)22-18/h6-9H,1-5,10H2,(H2,20,21,22). The van der Waals surface area contributed by atoms with Crippen LogP contribution >= 0.6 is 39.0 Å². The van der Waals surface area contributed by atoms with Crippen molar-refractivity contribution in [2.75, 3.05) is 5.73 Å². The Kier molecular flexibility index (Phi) is 4.79. The number of halogens is 1. The van der Waals surface area contributed by atoms with Gasteiger partial charge in [-0.3, -0.25) is 0 Å². The maximum absolute atomic E-state index is 6.30. The number of hydrogen-bond acceptors (Lipinski definition) is 5. The third kappa shape index (κ3) is 3.32. The fraction of sp³-hybridized carbons (Fsp3) is 0.333. The first-order valence-electron chi connectivity index (χ1n) is 8.16. The maximum Gasteiger partial charge on any atom is 0.191 e. The normalized spacial score (nSPS) is 14.5. The van der Waals surface area contributed by atoms with Crippen molar-refractivity contribution in [2.24, 2.45) is 0 Å². The van der Waals surface area contributed by atoms with E-state index in [2.05, 4.69) is 45.2 Å². The van der Waals surface area contributed by atoms with Gasteiger partial charge in [-0.1, -0.05) is 46.2 Å². The van der Waals surface area contributed by atoms with Crippen molar-refractivity contribution in [2.45, 2.75) is 43.0 Å². The molecule has 0 spiro atoms. The lowest BCUT2D eigenvalue weighted by Crippen LogP contribution is -1.97. The van der Waals surface area contributed by atoms with Crippen molar-refractivity contribution in [1.29, 1.82) is 0 Å². The molecule has 0 radical (unpaired) electrons. The molecule has 0 bridgehead atoms. The van der Waals surface area contributed by atoms with E-state index in [1.54, 1.807) is 11.8 Å². The second-order valence-corrected chi connectivity index (χ2v) is 8.99. The second kappa shape index (κ2) is 7.02. The van der Waals surface area contributed by atoms with Gasteiger partial charge in [-0.25, -0.2) is 9.97 Å². The van der Waals surface area contributed by atoms with Crippen LogP contribution in [-0.2, 0) is 18.6 Å². The van der Waals surface area contributed by atoms with Crippen LogP contribution in [0.3, 0.4) is 0 Å². The van der Waals surface area contributed by atoms with Gasteiger partial charge in [-0.05, 0) is 48.9 Å². The highest BCUT2D eigenvalue weighted by Gasteiger charge is 2.19. The molecule has 2 aromatic heterocycles. The Bertz CT molecular complexity index is 874. The largest absolute Gasteiger partial charge is 0.383 e. The average molecular weight is 420 g/mol. The first kappa shape index (κ1) is 16.4. The zero-order chi connectivity index (χ0) is 16.5. The number of aryl methyl sites for hydroxylation is 2. The van der Waals surface area contributed by atoms with E-state index in [0.29, 0.717) is 5.82 Å². The molecule has 4 rings (SSSR count). The van der Waals surface area contributed by atoms with E-state index in [9.17, 15) is 0 Å². The number of thiophene rings is 1. The molecule has 0 aliphatic heterocycles. The van der Waals surface area contributed by atoms with Crippen LogP contribution in [0.15, 0.2) is 33.9 Å². The van der Waals surface area contributed by atoms with Crippen LogP contribution in [0.1, 0.15) is 35.3 Å². The Morgan fingerprint density at radius 1 is 1.08 bits per heavy atom. The Labute approximate surface area is 158 Å². The number of nitrogen functional groups attached to an aromatic ring is 1. The first-order chi connectivity index (χ1) is 11.7. The van der Waals surface area contributed by atoms with Gasteiger partial charge in [-0.15, -0.1) is 11.3 Å². The van der Waals surface area contributed by atoms with E-state index < -0.39 is 0 Å². The Morgan fingerprint density at radius 3 is 2.71 bits per heavy atom. The van der Waals surface area contributed by atoms with E-state index in [1.165, 1.54) is 35.3 Å². The van der Waals surface area contributed by atoms with Crippen LogP contribution in [0.2, 0.25) is 0 Å². The summed E-state index contributed by atoms with van der Waals surface area (Å²) in [6.45, 7) is 0. The molecule has 2 N–H and O–H groups in total. The number of anilines is 1. The summed E-state index contributed by atoms with van der Waals surface area (Å²) >= 11 is 6.93. The summed E-state index contributed by atoms with van der Waals surface area (Å²) in [5.41, 5.74) is 8.97. The van der Waals surface area contributed by atoms with Crippen molar-refractivity contribution in [3.8, 4) is 0 Å². The van der Waals surface area contributed by atoms with Crippen molar-refractivity contribution < 1.29 is 0 Å². The molecule has 2 heterocycles. The molecule has 0 saturated carbocycles. The van der Waals surface area contributed by atoms with Crippen molar-refractivity contribution in [3.63, 3.8) is 0 Å². The van der Waals surface area contributed by atoms with Crippen LogP contribution in [0.4, 0.5) is 5.82 Å². The summed E-state index contributed by atoms with van der Waals surface area (Å²) in [5.74, 6) is 1.50. The van der Waals surface area contributed by atoms with Crippen molar-refractivity contribution >= 4 is 55.1 Å². The van der Waals surface area contributed by atoms with E-state index in [1.807, 2.05) is 11.3 Å². The summed E-state index contributed by atoms with van der Waals surface area (Å²) in [6, 6.07) is 8.36. The molecule has 0 atom stereocenters. The highest BCUT2D eigenvalue weighted by molar-refractivity contribution is 9.10. The third-order valence-corrected chi connectivity index (χ3v) is 6.99. The van der Waals surface area contributed by atoms with Crippen LogP contribution in [0.5, 0.6) is 0 Å². The lowest BCUT2D eigenvalue weighted by molar-refractivity contribution is 0.713. The molecule has 1 aliphatic rings. The van der Waals surface area contributed by atoms with Crippen molar-refractivity contribution in [1.82, 2.24) is 9.97 Å². The van der Waals surface area contributed by atoms with Crippen LogP contribution in [0.25, 0.3) is 10.2 Å². The van der Waals surface area contributed by atoms with Gasteiger partial charge in [0, 0.05) is 15.1 Å². The van der Waals surface area contributed by atoms with Gasteiger partial charge >= 0.3 is 0 Å². The molecular weight excluding hydrogens is 402 g/mol. The smallest absolute Gasteiger partial charge is 0.191 e. The van der Waals surface area contributed by atoms with E-state index >= 15 is 0 Å². The summed E-state index contributed by atoms with van der Waals surface area (Å²) in [4.78, 5) is 11.9. The molecule has 0 amide bonds. The van der Waals surface area contributed by atoms with Crippen molar-refractivity contribution in [3.05, 3.63) is 44.7 Å². The fourth-order valence-electron chi connectivity index (χ4n) is 3.14. The number of thioether (sulfide) groups is 1. The molecular formula is C18H18BrN3S2. The second-order valence-electron chi connectivity index (χ2n) is 6.05. The Balaban J connectivity index is 1.62. The zero-order valence-electron chi connectivity index (χ0n) is 13.2. The number of fused-ring (bicyclic) bond motifs is 3. The van der Waals surface area contributed by atoms with Crippen LogP contribution in [0, 0.1) is 0 Å². The number of nitrogens with zero attached hydrogens (tertiary/aromatic N) is 2. The zero-order valence-corrected chi connectivity index (χ0v) is 16.4. The molecule has 0 fully saturated rings. The molecule has 0 saturated heterocycles. The molecule has 3 aromatic rings. The van der Waals surface area contributed by atoms with Gasteiger partial charge in [0.2, 0.25) is 0 Å². The van der Waals surface area contributed by atoms with Gasteiger partial charge in [0.15, 0.2) is 5.16 Å². The van der Waals surface area contributed by atoms with Gasteiger partial charge in [0.25, 0.3) is 0 Å². The topological polar surface area (TPSA) is 51.8 Å². The van der Waals surface area contributed by atoms with Gasteiger partial charge in [-0.2, -0.15) is 0 Å². The fourth-order valence-corrected chi connectivity index (χ4v) is 5.53. The summed E-state index contributed by atoms with van der Waals surface area (Å²) < 4.78 is 1.10. The quantitative estimate of drug-likeness (QED) is 0.341. The number of rotatable bonds is 3. The molecule has 24 heavy (non-hydrogen) atoms. The molecule has 1 aromatic carbocycles. The summed E-state index contributed by atoms with van der Waals surface area (Å²) in [5, 5.41) is 1.89. The van der Waals surface area contributed by atoms with E-state index in [-0.39, 0.29) is 0 Å². The number of hydrogen-bond donors (Lipinski definition) is 1. The van der Waals surface area contributed by atoms with Gasteiger partial charge < -0.3 is 5.73 Å². The molecule has 3 nitrogen and oxygen atoms in total. The molecule has 124 valence electrons. The predicted octanol–water partition coefficient (Wildman–Crippen LogP) is 5.60. The van der Waals surface area contributed by atoms with E-state index in [0.717, 1.165) is 38.4 Å². The first-order valence-corrected chi connectivity index (χ1v) is 10.8. The van der Waals surface area contributed by atoms with Gasteiger partial charge in [0.05, 0.1) is 5.39 Å². The highest BCUT2D eigenvalue weighted by Crippen LogP contribution is 2.38. The summed E-state index contributed by atoms with van der Waals surface area (Å²) in [6.07, 6.45) is 6.12. The molecule has 6 heteroatoms. The SMILES string of the molecule is Nc1nc(SCc2ccc(Br)cc2)nc2sc3c(c12)CCCCC3. The minimum Gasteiger partial charge on any atom is -0.383 e. The van der Waals surface area contributed by atoms with Crippen LogP contribution in [-0.4, -0.2) is 9.97 Å². The monoisotopic (exact) mass is 419 g/mol. The average Bonchev–Trinajstić information content (AvgIpc) is 2.76. The van der Waals surface area contributed by atoms with Gasteiger partial charge in [0.1, 0.15) is 10.6 Å². The predicted molar refractivity (Wildman–Crippen MR) is 107 cm³/mol. The lowest BCUT2D eigenvalue weighted by Gasteiger charge is -2.05. The minimum atomic E-state index is 0.651. The Hall–Kier alpha value is -1.11. The number of benzene rings is 1. The number of nitrogens with two attached hydrogens (primary N) is 1. The third-order valence-electron chi connectivity index (χ3n) is 4.35. The molecule has 0 unspecified atom stereocenters. The Morgan fingerprint density at radius 2 is 1.88 bits per heavy atom. The maximum atomic E-state index is 6.30. The summed E-state index contributed by atoms with van der Waals surface area (Å²) in [7, 11) is 0. The lowest BCUT2D eigenvalue weighted by atomic mass is 10.1. The highest BCUT2D eigenvalue weighted by atomic mass is 79.9. The van der Waals surface area contributed by atoms with E-state index in [4.69, 9.17) is 10.7 Å². The molecule has 1 aliphatic carbocycles. The minimum absolute atomic E-state index is 0.651. The number of aromatic nitrogens is 2. The van der Waals surface area contributed by atoms with Crippen LogP contribution < -0.4 is 5.73 Å².